The molecule has 1 N–H and O–H groups in total. The Morgan fingerprint density at radius 3 is 3.23 bits per heavy atom. The molecule has 1 aromatic heterocycles. The second kappa shape index (κ2) is 2.38. The van der Waals surface area contributed by atoms with Crippen LogP contribution in [0.5, 0.6) is 0 Å². The molecule has 1 fully saturated rings. The van der Waals surface area contributed by atoms with Crippen molar-refractivity contribution in [3.63, 3.8) is 0 Å². The van der Waals surface area contributed by atoms with E-state index < -0.39 is 0 Å². The topological polar surface area (TPSA) is 25.2 Å². The van der Waals surface area contributed by atoms with Crippen LogP contribution < -0.4 is 5.32 Å². The van der Waals surface area contributed by atoms with Gasteiger partial charge in [0, 0.05) is 6.54 Å². The third kappa shape index (κ3) is 0.819. The number of furan rings is 1. The molecule has 0 radical (unpaired) electrons. The lowest BCUT2D eigenvalue weighted by molar-refractivity contribution is 0.0619. The third-order valence-electron chi connectivity index (χ3n) is 3.80. The number of fused-ring (bicyclic) bond motifs is 2. The highest BCUT2D eigenvalue weighted by atomic mass is 16.3. The smallest absolute Gasteiger partial charge is 0.127 e. The Morgan fingerprint density at radius 2 is 2.54 bits per heavy atom. The second-order valence-electron chi connectivity index (χ2n) is 4.36. The van der Waals surface area contributed by atoms with Gasteiger partial charge in [-0.1, -0.05) is 6.92 Å². The van der Waals surface area contributed by atoms with Crippen molar-refractivity contribution in [2.75, 3.05) is 6.54 Å². The lowest BCUT2D eigenvalue weighted by atomic mass is 9.64. The van der Waals surface area contributed by atoms with Gasteiger partial charge in [-0.05, 0) is 36.8 Å². The lowest BCUT2D eigenvalue weighted by Crippen LogP contribution is -2.57. The molecule has 2 nitrogen and oxygen atoms in total. The van der Waals surface area contributed by atoms with Crippen molar-refractivity contribution in [3.05, 3.63) is 23.7 Å². The van der Waals surface area contributed by atoms with Crippen LogP contribution in [0.15, 0.2) is 16.7 Å². The van der Waals surface area contributed by atoms with Crippen LogP contribution in [0.3, 0.4) is 0 Å². The van der Waals surface area contributed by atoms with Gasteiger partial charge in [0.05, 0.1) is 11.8 Å². The second-order valence-corrected chi connectivity index (χ2v) is 4.36. The monoisotopic (exact) mass is 177 g/mol. The van der Waals surface area contributed by atoms with Crippen LogP contribution in [0.25, 0.3) is 0 Å². The van der Waals surface area contributed by atoms with Crippen LogP contribution in [-0.4, -0.2) is 6.54 Å². The van der Waals surface area contributed by atoms with Crippen molar-refractivity contribution in [2.24, 2.45) is 5.92 Å². The fourth-order valence-electron chi connectivity index (χ4n) is 2.75. The van der Waals surface area contributed by atoms with E-state index in [0.29, 0.717) is 0 Å². The third-order valence-corrected chi connectivity index (χ3v) is 3.80. The highest BCUT2D eigenvalue weighted by Gasteiger charge is 2.49. The van der Waals surface area contributed by atoms with Gasteiger partial charge in [0.15, 0.2) is 0 Å². The van der Waals surface area contributed by atoms with Gasteiger partial charge in [-0.15, -0.1) is 0 Å². The molecule has 1 spiro atoms. The summed E-state index contributed by atoms with van der Waals surface area (Å²) in [6.07, 6.45) is 5.53. The van der Waals surface area contributed by atoms with E-state index in [1.54, 1.807) is 0 Å². The van der Waals surface area contributed by atoms with Gasteiger partial charge in [-0.25, -0.2) is 0 Å². The largest absolute Gasteiger partial charge is 0.467 e. The predicted octanol–water partition coefficient (Wildman–Crippen LogP) is 2.05. The Morgan fingerprint density at radius 1 is 1.62 bits per heavy atom. The maximum Gasteiger partial charge on any atom is 0.127 e. The summed E-state index contributed by atoms with van der Waals surface area (Å²) < 4.78 is 5.62. The molecular formula is C11H15NO. The first-order valence-corrected chi connectivity index (χ1v) is 5.15. The Bertz CT molecular complexity index is 331. The van der Waals surface area contributed by atoms with Gasteiger partial charge >= 0.3 is 0 Å². The van der Waals surface area contributed by atoms with Gasteiger partial charge in [0.25, 0.3) is 0 Å². The minimum atomic E-state index is 0.205. The average Bonchev–Trinajstić information content (AvgIpc) is 2.62. The molecule has 0 saturated heterocycles. The van der Waals surface area contributed by atoms with E-state index in [0.717, 1.165) is 18.9 Å². The van der Waals surface area contributed by atoms with Crippen molar-refractivity contribution in [3.8, 4) is 0 Å². The maximum absolute atomic E-state index is 5.62. The molecule has 1 saturated carbocycles. The molecule has 1 aliphatic heterocycles. The molecule has 2 heterocycles. The normalized spacial score (nSPS) is 37.2. The SMILES string of the molecule is CC1CCC12NCCc1ccoc12. The van der Waals surface area contributed by atoms with Crippen LogP contribution in [0.4, 0.5) is 0 Å². The lowest BCUT2D eigenvalue weighted by Gasteiger charge is -2.49. The minimum absolute atomic E-state index is 0.205. The van der Waals surface area contributed by atoms with E-state index in [1.807, 2.05) is 6.26 Å². The van der Waals surface area contributed by atoms with Crippen LogP contribution in [-0.2, 0) is 12.0 Å². The quantitative estimate of drug-likeness (QED) is 0.656. The number of rotatable bonds is 0. The molecule has 3 rings (SSSR count). The molecule has 2 aliphatic rings. The zero-order chi connectivity index (χ0) is 8.89. The van der Waals surface area contributed by atoms with E-state index >= 15 is 0 Å². The summed E-state index contributed by atoms with van der Waals surface area (Å²) in [5, 5.41) is 3.63. The molecule has 2 unspecified atom stereocenters. The van der Waals surface area contributed by atoms with E-state index in [-0.39, 0.29) is 5.54 Å². The first-order valence-electron chi connectivity index (χ1n) is 5.15. The van der Waals surface area contributed by atoms with E-state index in [2.05, 4.69) is 18.3 Å². The van der Waals surface area contributed by atoms with Gasteiger partial charge < -0.3 is 9.73 Å². The van der Waals surface area contributed by atoms with Gasteiger partial charge in [-0.3, -0.25) is 0 Å². The van der Waals surface area contributed by atoms with Crippen LogP contribution in [0.2, 0.25) is 0 Å². The van der Waals surface area contributed by atoms with Gasteiger partial charge in [0.2, 0.25) is 0 Å². The predicted molar refractivity (Wildman–Crippen MR) is 50.5 cm³/mol. The van der Waals surface area contributed by atoms with E-state index in [9.17, 15) is 0 Å². The van der Waals surface area contributed by atoms with Crippen molar-refractivity contribution in [1.82, 2.24) is 5.32 Å². The summed E-state index contributed by atoms with van der Waals surface area (Å²) in [5.41, 5.74) is 1.63. The van der Waals surface area contributed by atoms with Crippen LogP contribution >= 0.6 is 0 Å². The molecular weight excluding hydrogens is 162 g/mol. The Hall–Kier alpha value is -0.760. The molecule has 2 atom stereocenters. The van der Waals surface area contributed by atoms with E-state index in [4.69, 9.17) is 4.42 Å². The summed E-state index contributed by atoms with van der Waals surface area (Å²) in [6.45, 7) is 3.42. The molecule has 13 heavy (non-hydrogen) atoms. The van der Waals surface area contributed by atoms with Crippen molar-refractivity contribution in [2.45, 2.75) is 31.7 Å². The molecule has 70 valence electrons. The van der Waals surface area contributed by atoms with Gasteiger partial charge in [0.1, 0.15) is 5.76 Å². The summed E-state index contributed by atoms with van der Waals surface area (Å²) in [7, 11) is 0. The molecule has 2 heteroatoms. The average molecular weight is 177 g/mol. The molecule has 1 aromatic rings. The summed E-state index contributed by atoms with van der Waals surface area (Å²) in [5.74, 6) is 1.95. The van der Waals surface area contributed by atoms with E-state index in [1.165, 1.54) is 24.2 Å². The minimum Gasteiger partial charge on any atom is -0.467 e. The Balaban J connectivity index is 2.09. The maximum atomic E-state index is 5.62. The molecule has 0 aromatic carbocycles. The molecule has 0 amide bonds. The number of nitrogens with one attached hydrogen (secondary N) is 1. The summed E-state index contributed by atoms with van der Waals surface area (Å²) >= 11 is 0. The Kier molecular flexibility index (Phi) is 1.40. The van der Waals surface area contributed by atoms with Gasteiger partial charge in [-0.2, -0.15) is 0 Å². The fraction of sp³-hybridized carbons (Fsp3) is 0.636. The first kappa shape index (κ1) is 7.63. The van der Waals surface area contributed by atoms with Crippen molar-refractivity contribution >= 4 is 0 Å². The summed E-state index contributed by atoms with van der Waals surface area (Å²) in [4.78, 5) is 0. The fourth-order valence-corrected chi connectivity index (χ4v) is 2.75. The van der Waals surface area contributed by atoms with Crippen molar-refractivity contribution < 1.29 is 4.42 Å². The molecule has 1 aliphatic carbocycles. The van der Waals surface area contributed by atoms with Crippen LogP contribution in [0.1, 0.15) is 31.1 Å². The standard InChI is InChI=1S/C11H15NO/c1-8-2-5-11(8)10-9(3-6-12-11)4-7-13-10/h4,7-8,12H,2-3,5-6H2,1H3. The summed E-state index contributed by atoms with van der Waals surface area (Å²) in [6, 6.07) is 2.13. The number of hydrogen-bond acceptors (Lipinski definition) is 2. The highest BCUT2D eigenvalue weighted by molar-refractivity contribution is 5.31. The zero-order valence-corrected chi connectivity index (χ0v) is 7.97. The first-order chi connectivity index (χ1) is 6.33. The molecule has 0 bridgehead atoms. The van der Waals surface area contributed by atoms with Crippen LogP contribution in [0, 0.1) is 5.92 Å². The zero-order valence-electron chi connectivity index (χ0n) is 7.97. The van der Waals surface area contributed by atoms with Crippen molar-refractivity contribution in [1.29, 1.82) is 0 Å². The Labute approximate surface area is 78.3 Å². The number of hydrogen-bond donors (Lipinski definition) is 1. The highest BCUT2D eigenvalue weighted by Crippen LogP contribution is 2.49.